The van der Waals surface area contributed by atoms with Gasteiger partial charge in [0.15, 0.2) is 5.96 Å². The van der Waals surface area contributed by atoms with Crippen LogP contribution in [0.4, 0.5) is 0 Å². The van der Waals surface area contributed by atoms with Crippen LogP contribution in [0, 0.1) is 6.92 Å². The Morgan fingerprint density at radius 2 is 1.89 bits per heavy atom. The Balaban J connectivity index is 0.00000280. The number of hydrogen-bond acceptors (Lipinski definition) is 3. The molecule has 0 unspecified atom stereocenters. The van der Waals surface area contributed by atoms with E-state index in [-0.39, 0.29) is 24.0 Å². The van der Waals surface area contributed by atoms with Crippen molar-refractivity contribution >= 4 is 41.0 Å². The highest BCUT2D eigenvalue weighted by atomic mass is 127. The van der Waals surface area contributed by atoms with Crippen LogP contribution in [0.15, 0.2) is 41.7 Å². The molecule has 0 spiro atoms. The molecule has 2 heterocycles. The fraction of sp³-hybridized carbons (Fsp3) is 0.450. The van der Waals surface area contributed by atoms with Gasteiger partial charge in [0.2, 0.25) is 0 Å². The lowest BCUT2D eigenvalue weighted by molar-refractivity contribution is 0.623. The van der Waals surface area contributed by atoms with Crippen LogP contribution in [0.1, 0.15) is 24.2 Å². The van der Waals surface area contributed by atoms with Gasteiger partial charge in [0.25, 0.3) is 0 Å². The van der Waals surface area contributed by atoms with Gasteiger partial charge < -0.3 is 15.2 Å². The third-order valence-corrected chi connectivity index (χ3v) is 4.61. The summed E-state index contributed by atoms with van der Waals surface area (Å²) in [4.78, 5) is 8.92. The molecule has 2 N–H and O–H groups in total. The number of hydrogen-bond donors (Lipinski definition) is 2. The molecular weight excluding hydrogens is 465 g/mol. The summed E-state index contributed by atoms with van der Waals surface area (Å²) in [6, 6.07) is 8.29. The van der Waals surface area contributed by atoms with E-state index in [9.17, 15) is 0 Å². The molecular formula is C20H30IN7. The number of guanidine groups is 1. The highest BCUT2D eigenvalue weighted by Crippen LogP contribution is 2.15. The van der Waals surface area contributed by atoms with E-state index in [0.717, 1.165) is 56.2 Å². The van der Waals surface area contributed by atoms with Crippen molar-refractivity contribution < 1.29 is 0 Å². The quantitative estimate of drug-likeness (QED) is 0.218. The number of rotatable bonds is 8. The second kappa shape index (κ2) is 11.0. The number of aliphatic imine (C=N–C) groups is 1. The molecule has 2 aromatic heterocycles. The monoisotopic (exact) mass is 495 g/mol. The second-order valence-corrected chi connectivity index (χ2v) is 6.70. The average molecular weight is 495 g/mol. The first-order chi connectivity index (χ1) is 13.2. The van der Waals surface area contributed by atoms with E-state index in [2.05, 4.69) is 61.6 Å². The molecule has 0 radical (unpaired) electrons. The maximum Gasteiger partial charge on any atom is 0.190 e. The highest BCUT2D eigenvalue weighted by Gasteiger charge is 2.06. The maximum atomic E-state index is 4.62. The zero-order valence-corrected chi connectivity index (χ0v) is 19.2. The van der Waals surface area contributed by atoms with E-state index in [1.165, 1.54) is 11.1 Å². The molecule has 152 valence electrons. The van der Waals surface area contributed by atoms with E-state index in [4.69, 9.17) is 0 Å². The minimum Gasteiger partial charge on any atom is -0.356 e. The average Bonchev–Trinajstić information content (AvgIpc) is 3.22. The Kier molecular flexibility index (Phi) is 8.75. The van der Waals surface area contributed by atoms with E-state index < -0.39 is 0 Å². The molecule has 0 fully saturated rings. The number of nitrogens with one attached hydrogen (secondary N) is 2. The minimum absolute atomic E-state index is 0. The van der Waals surface area contributed by atoms with Crippen molar-refractivity contribution in [1.29, 1.82) is 0 Å². The lowest BCUT2D eigenvalue weighted by atomic mass is 10.2. The minimum atomic E-state index is 0. The van der Waals surface area contributed by atoms with Crippen molar-refractivity contribution in [2.45, 2.75) is 32.7 Å². The van der Waals surface area contributed by atoms with Gasteiger partial charge in [-0.3, -0.25) is 9.67 Å². The third-order valence-electron chi connectivity index (χ3n) is 4.61. The van der Waals surface area contributed by atoms with Gasteiger partial charge in [0.05, 0.1) is 17.2 Å². The van der Waals surface area contributed by atoms with Gasteiger partial charge in [-0.25, -0.2) is 4.98 Å². The number of imidazole rings is 1. The first-order valence-corrected chi connectivity index (χ1v) is 9.51. The van der Waals surface area contributed by atoms with Gasteiger partial charge in [0.1, 0.15) is 5.82 Å². The fourth-order valence-electron chi connectivity index (χ4n) is 3.24. The first kappa shape index (κ1) is 22.2. The SMILES string of the molecule is CN=C(NCCCc1cnn(C)c1)NCCCn1c(C)nc2ccccc21.I. The molecule has 3 rings (SSSR count). The summed E-state index contributed by atoms with van der Waals surface area (Å²) in [6.07, 6.45) is 7.07. The second-order valence-electron chi connectivity index (χ2n) is 6.70. The molecule has 3 aromatic rings. The number of benzene rings is 1. The van der Waals surface area contributed by atoms with Crippen LogP contribution in [0.25, 0.3) is 11.0 Å². The molecule has 1 aromatic carbocycles. The molecule has 28 heavy (non-hydrogen) atoms. The molecule has 0 saturated carbocycles. The predicted octanol–water partition coefficient (Wildman–Crippen LogP) is 2.88. The standard InChI is InChI=1S/C20H29N7.HI/c1-16-25-18-9-4-5-10-19(18)27(16)13-7-12-23-20(21-2)22-11-6-8-17-14-24-26(3)15-17;/h4-5,9-10,14-15H,6-8,11-13H2,1-3H3,(H2,21,22,23);1H. The molecule has 7 nitrogen and oxygen atoms in total. The van der Waals surface area contributed by atoms with E-state index in [0.29, 0.717) is 0 Å². The number of aryl methyl sites for hydroxylation is 4. The van der Waals surface area contributed by atoms with Crippen LogP contribution >= 0.6 is 24.0 Å². The molecule has 0 aliphatic heterocycles. The smallest absolute Gasteiger partial charge is 0.190 e. The van der Waals surface area contributed by atoms with Crippen molar-refractivity contribution in [2.75, 3.05) is 20.1 Å². The summed E-state index contributed by atoms with van der Waals surface area (Å²) in [5.41, 5.74) is 3.53. The van der Waals surface area contributed by atoms with Crippen LogP contribution in [-0.2, 0) is 20.0 Å². The van der Waals surface area contributed by atoms with Gasteiger partial charge in [-0.2, -0.15) is 5.10 Å². The summed E-state index contributed by atoms with van der Waals surface area (Å²) in [5.74, 6) is 1.92. The summed E-state index contributed by atoms with van der Waals surface area (Å²) < 4.78 is 4.12. The summed E-state index contributed by atoms with van der Waals surface area (Å²) in [6.45, 7) is 4.77. The van der Waals surface area contributed by atoms with Crippen molar-refractivity contribution in [1.82, 2.24) is 30.0 Å². The summed E-state index contributed by atoms with van der Waals surface area (Å²) in [5, 5.41) is 11.0. The predicted molar refractivity (Wildman–Crippen MR) is 125 cm³/mol. The van der Waals surface area contributed by atoms with Crippen LogP contribution in [0.3, 0.4) is 0 Å². The normalized spacial score (nSPS) is 11.5. The lowest BCUT2D eigenvalue weighted by Gasteiger charge is -2.12. The maximum absolute atomic E-state index is 4.62. The number of para-hydroxylation sites is 2. The van der Waals surface area contributed by atoms with Gasteiger partial charge in [-0.05, 0) is 43.9 Å². The number of aromatic nitrogens is 4. The van der Waals surface area contributed by atoms with Crippen LogP contribution < -0.4 is 10.6 Å². The van der Waals surface area contributed by atoms with Gasteiger partial charge in [0, 0.05) is 39.9 Å². The van der Waals surface area contributed by atoms with Crippen molar-refractivity contribution in [2.24, 2.45) is 12.0 Å². The lowest BCUT2D eigenvalue weighted by Crippen LogP contribution is -2.38. The van der Waals surface area contributed by atoms with Crippen molar-refractivity contribution in [3.63, 3.8) is 0 Å². The van der Waals surface area contributed by atoms with Crippen LogP contribution in [-0.4, -0.2) is 45.4 Å². The Morgan fingerprint density at radius 1 is 1.14 bits per heavy atom. The zero-order valence-electron chi connectivity index (χ0n) is 16.9. The summed E-state index contributed by atoms with van der Waals surface area (Å²) >= 11 is 0. The highest BCUT2D eigenvalue weighted by molar-refractivity contribution is 14.0. The zero-order chi connectivity index (χ0) is 19.1. The number of fused-ring (bicyclic) bond motifs is 1. The largest absolute Gasteiger partial charge is 0.356 e. The number of halogens is 1. The Bertz CT molecular complexity index is 897. The Hall–Kier alpha value is -2.10. The van der Waals surface area contributed by atoms with Crippen molar-refractivity contribution in [3.8, 4) is 0 Å². The molecule has 0 atom stereocenters. The third kappa shape index (κ3) is 5.95. The molecule has 0 aliphatic rings. The van der Waals surface area contributed by atoms with Gasteiger partial charge in [-0.15, -0.1) is 24.0 Å². The van der Waals surface area contributed by atoms with Crippen LogP contribution in [0.5, 0.6) is 0 Å². The molecule has 0 amide bonds. The topological polar surface area (TPSA) is 72.1 Å². The molecule has 8 heteroatoms. The molecule has 0 bridgehead atoms. The van der Waals surface area contributed by atoms with E-state index in [1.807, 2.05) is 31.0 Å². The van der Waals surface area contributed by atoms with Crippen LogP contribution in [0.2, 0.25) is 0 Å². The summed E-state index contributed by atoms with van der Waals surface area (Å²) in [7, 11) is 3.76. The molecule has 0 saturated heterocycles. The van der Waals surface area contributed by atoms with E-state index >= 15 is 0 Å². The van der Waals surface area contributed by atoms with Gasteiger partial charge >= 0.3 is 0 Å². The first-order valence-electron chi connectivity index (χ1n) is 9.51. The Labute approximate surface area is 183 Å². The molecule has 0 aliphatic carbocycles. The fourth-order valence-corrected chi connectivity index (χ4v) is 3.24. The Morgan fingerprint density at radius 3 is 2.61 bits per heavy atom. The van der Waals surface area contributed by atoms with E-state index in [1.54, 1.807) is 0 Å². The van der Waals surface area contributed by atoms with Crippen molar-refractivity contribution in [3.05, 3.63) is 48.0 Å². The van der Waals surface area contributed by atoms with Gasteiger partial charge in [-0.1, -0.05) is 12.1 Å². The number of nitrogens with zero attached hydrogens (tertiary/aromatic N) is 5.